The molecule has 244 valence electrons. The van der Waals surface area contributed by atoms with Gasteiger partial charge in [0, 0.05) is 67.6 Å². The molecule has 1 aromatic heterocycles. The third kappa shape index (κ3) is 7.74. The van der Waals surface area contributed by atoms with E-state index in [1.807, 2.05) is 4.68 Å². The van der Waals surface area contributed by atoms with E-state index in [0.717, 1.165) is 62.6 Å². The van der Waals surface area contributed by atoms with Gasteiger partial charge in [0.15, 0.2) is 0 Å². The molecule has 0 saturated carbocycles. The SMILES string of the molecule is CN(C)C1CCN(CCCn2nc(-c3ccc(C(F)(F)F)c(CNC(=O)c4ccc(F)cc4)c3)c3c2CCN(S(C)(=O)=O)C3)C1. The smallest absolute Gasteiger partial charge is 0.348 e. The number of aryl methyl sites for hydroxylation is 1. The highest BCUT2D eigenvalue weighted by Gasteiger charge is 2.35. The number of carbonyl (C=O) groups excluding carboxylic acids is 1. The van der Waals surface area contributed by atoms with Crippen molar-refractivity contribution in [1.82, 2.24) is 29.2 Å². The van der Waals surface area contributed by atoms with Crippen molar-refractivity contribution in [2.75, 3.05) is 46.5 Å². The van der Waals surface area contributed by atoms with E-state index in [-0.39, 0.29) is 17.7 Å². The Morgan fingerprint density at radius 1 is 1.09 bits per heavy atom. The first kappa shape index (κ1) is 33.0. The molecule has 5 rings (SSSR count). The zero-order chi connectivity index (χ0) is 32.5. The number of rotatable bonds is 10. The Balaban J connectivity index is 1.43. The van der Waals surface area contributed by atoms with Crippen LogP contribution >= 0.6 is 0 Å². The zero-order valence-corrected chi connectivity index (χ0v) is 26.4. The molecule has 14 heteroatoms. The summed E-state index contributed by atoms with van der Waals surface area (Å²) in [6.45, 7) is 3.40. The summed E-state index contributed by atoms with van der Waals surface area (Å²) >= 11 is 0. The maximum atomic E-state index is 14.0. The van der Waals surface area contributed by atoms with Crippen LogP contribution in [0.3, 0.4) is 0 Å². The normalized spacial score (nSPS) is 18.0. The average molecular weight is 651 g/mol. The lowest BCUT2D eigenvalue weighted by Gasteiger charge is -2.26. The van der Waals surface area contributed by atoms with E-state index in [2.05, 4.69) is 29.2 Å². The summed E-state index contributed by atoms with van der Waals surface area (Å²) in [5.41, 5.74) is 1.41. The first-order chi connectivity index (χ1) is 21.2. The Hall–Kier alpha value is -3.33. The molecule has 1 N–H and O–H groups in total. The maximum absolute atomic E-state index is 14.0. The molecule has 1 atom stereocenters. The maximum Gasteiger partial charge on any atom is 0.416 e. The van der Waals surface area contributed by atoms with Gasteiger partial charge in [-0.2, -0.15) is 22.6 Å². The van der Waals surface area contributed by atoms with Crippen molar-refractivity contribution in [2.45, 2.75) is 51.1 Å². The van der Waals surface area contributed by atoms with Gasteiger partial charge in [-0.3, -0.25) is 9.48 Å². The molecule has 0 spiro atoms. The molecule has 2 aliphatic heterocycles. The highest BCUT2D eigenvalue weighted by molar-refractivity contribution is 7.88. The van der Waals surface area contributed by atoms with Crippen LogP contribution < -0.4 is 5.32 Å². The van der Waals surface area contributed by atoms with Crippen molar-refractivity contribution in [1.29, 1.82) is 0 Å². The van der Waals surface area contributed by atoms with Crippen LogP contribution in [0, 0.1) is 5.82 Å². The summed E-state index contributed by atoms with van der Waals surface area (Å²) in [7, 11) is 0.648. The minimum atomic E-state index is -4.68. The van der Waals surface area contributed by atoms with E-state index in [4.69, 9.17) is 5.10 Å². The van der Waals surface area contributed by atoms with Gasteiger partial charge >= 0.3 is 6.18 Å². The summed E-state index contributed by atoms with van der Waals surface area (Å²) in [6, 6.07) is 8.88. The van der Waals surface area contributed by atoms with Gasteiger partial charge in [-0.15, -0.1) is 0 Å². The lowest BCUT2D eigenvalue weighted by atomic mass is 9.97. The number of fused-ring (bicyclic) bond motifs is 1. The molecule has 1 amide bonds. The summed E-state index contributed by atoms with van der Waals surface area (Å²) < 4.78 is 83.4. The van der Waals surface area contributed by atoms with Crippen molar-refractivity contribution in [3.63, 3.8) is 0 Å². The molecule has 1 fully saturated rings. The molecular weight excluding hydrogens is 612 g/mol. The second-order valence-electron chi connectivity index (χ2n) is 12.0. The molecule has 45 heavy (non-hydrogen) atoms. The van der Waals surface area contributed by atoms with Crippen LogP contribution in [0.15, 0.2) is 42.5 Å². The Morgan fingerprint density at radius 3 is 2.47 bits per heavy atom. The van der Waals surface area contributed by atoms with Gasteiger partial charge in [-0.1, -0.05) is 6.07 Å². The number of likely N-dealkylation sites (N-methyl/N-ethyl adjacent to an activating group) is 1. The minimum absolute atomic E-state index is 0.0673. The van der Waals surface area contributed by atoms with Crippen LogP contribution in [0.5, 0.6) is 0 Å². The van der Waals surface area contributed by atoms with Gasteiger partial charge < -0.3 is 15.1 Å². The predicted molar refractivity (Wildman–Crippen MR) is 162 cm³/mol. The standard InChI is InChI=1S/C31H38F4N6O3S/c1-38(2)25-11-15-39(19-25)13-4-14-41-28-12-16-40(45(3,43)44)20-26(28)29(37-41)22-7-10-27(31(33,34)35)23(17-22)18-36-30(42)21-5-8-24(32)9-6-21/h5-10,17,25H,4,11-16,18-20H2,1-3H3,(H,36,42). The summed E-state index contributed by atoms with van der Waals surface area (Å²) in [6.07, 6.45) is -1.18. The van der Waals surface area contributed by atoms with E-state index < -0.39 is 40.0 Å². The van der Waals surface area contributed by atoms with Crippen LogP contribution in [-0.2, 0) is 42.3 Å². The number of hydrogen-bond donors (Lipinski definition) is 1. The molecule has 2 aromatic carbocycles. The number of carbonyl (C=O) groups is 1. The van der Waals surface area contributed by atoms with Crippen molar-refractivity contribution < 1.29 is 30.8 Å². The molecule has 2 aliphatic rings. The Bertz CT molecular complexity index is 1640. The summed E-state index contributed by atoms with van der Waals surface area (Å²) in [5.74, 6) is -1.18. The number of halogens is 4. The molecule has 0 aliphatic carbocycles. The van der Waals surface area contributed by atoms with Gasteiger partial charge in [0.25, 0.3) is 5.91 Å². The number of sulfonamides is 1. The van der Waals surface area contributed by atoms with Crippen molar-refractivity contribution in [3.8, 4) is 11.3 Å². The van der Waals surface area contributed by atoms with Crippen LogP contribution in [0.4, 0.5) is 17.6 Å². The number of amides is 1. The first-order valence-corrected chi connectivity index (χ1v) is 16.7. The fourth-order valence-corrected chi connectivity index (χ4v) is 6.88. The largest absolute Gasteiger partial charge is 0.416 e. The number of alkyl halides is 3. The van der Waals surface area contributed by atoms with E-state index in [9.17, 15) is 30.8 Å². The topological polar surface area (TPSA) is 90.8 Å². The Kier molecular flexibility index (Phi) is 9.68. The van der Waals surface area contributed by atoms with Crippen molar-refractivity contribution in [3.05, 3.63) is 76.2 Å². The number of likely N-dealkylation sites (tertiary alicyclic amines) is 1. The Labute approximate surface area is 260 Å². The third-order valence-electron chi connectivity index (χ3n) is 8.62. The third-order valence-corrected chi connectivity index (χ3v) is 9.87. The number of aromatic nitrogens is 2. The lowest BCUT2D eigenvalue weighted by molar-refractivity contribution is -0.138. The highest BCUT2D eigenvalue weighted by atomic mass is 32.2. The van der Waals surface area contributed by atoms with Gasteiger partial charge in [-0.05, 0) is 82.0 Å². The van der Waals surface area contributed by atoms with Gasteiger partial charge in [0.1, 0.15) is 5.82 Å². The molecule has 9 nitrogen and oxygen atoms in total. The average Bonchev–Trinajstić information content (AvgIpc) is 3.60. The highest BCUT2D eigenvalue weighted by Crippen LogP contribution is 2.37. The first-order valence-electron chi connectivity index (χ1n) is 14.9. The van der Waals surface area contributed by atoms with Crippen LogP contribution in [0.2, 0.25) is 0 Å². The molecule has 3 heterocycles. The molecule has 1 unspecified atom stereocenters. The molecule has 0 bridgehead atoms. The molecular formula is C31H38F4N6O3S. The quantitative estimate of drug-likeness (QED) is 0.334. The number of hydrogen-bond acceptors (Lipinski definition) is 6. The fourth-order valence-electron chi connectivity index (χ4n) is 6.09. The van der Waals surface area contributed by atoms with Gasteiger partial charge in [0.05, 0.1) is 17.5 Å². The van der Waals surface area contributed by atoms with E-state index >= 15 is 0 Å². The van der Waals surface area contributed by atoms with Gasteiger partial charge in [0.2, 0.25) is 10.0 Å². The summed E-state index contributed by atoms with van der Waals surface area (Å²) in [4.78, 5) is 17.3. The zero-order valence-electron chi connectivity index (χ0n) is 25.6. The van der Waals surface area contributed by atoms with Crippen LogP contribution in [0.25, 0.3) is 11.3 Å². The monoisotopic (exact) mass is 650 g/mol. The molecule has 3 aromatic rings. The van der Waals surface area contributed by atoms with Crippen LogP contribution in [0.1, 0.15) is 45.6 Å². The van der Waals surface area contributed by atoms with Crippen molar-refractivity contribution >= 4 is 15.9 Å². The lowest BCUT2D eigenvalue weighted by Crippen LogP contribution is -2.35. The predicted octanol–water partition coefficient (Wildman–Crippen LogP) is 3.98. The van der Waals surface area contributed by atoms with E-state index in [1.54, 1.807) is 0 Å². The second kappa shape index (κ2) is 13.2. The van der Waals surface area contributed by atoms with E-state index in [1.165, 1.54) is 28.6 Å². The number of nitrogens with zero attached hydrogens (tertiary/aromatic N) is 5. The Morgan fingerprint density at radius 2 is 1.82 bits per heavy atom. The number of nitrogens with one attached hydrogen (secondary N) is 1. The minimum Gasteiger partial charge on any atom is -0.348 e. The summed E-state index contributed by atoms with van der Waals surface area (Å²) in [5, 5.41) is 7.34. The van der Waals surface area contributed by atoms with E-state index in [0.29, 0.717) is 42.4 Å². The second-order valence-corrected chi connectivity index (χ2v) is 13.9. The fraction of sp³-hybridized carbons (Fsp3) is 0.484. The number of benzene rings is 2. The van der Waals surface area contributed by atoms with Gasteiger partial charge in [-0.25, -0.2) is 12.8 Å². The molecule has 0 radical (unpaired) electrons. The molecule has 1 saturated heterocycles. The van der Waals surface area contributed by atoms with Crippen molar-refractivity contribution in [2.24, 2.45) is 0 Å². The van der Waals surface area contributed by atoms with Crippen LogP contribution in [-0.4, -0.2) is 90.8 Å².